The van der Waals surface area contributed by atoms with Gasteiger partial charge >= 0.3 is 0 Å². The summed E-state index contributed by atoms with van der Waals surface area (Å²) in [4.78, 5) is 21.0. The van der Waals surface area contributed by atoms with Crippen molar-refractivity contribution in [1.82, 2.24) is 9.88 Å². The van der Waals surface area contributed by atoms with Gasteiger partial charge in [0, 0.05) is 32.7 Å². The zero-order chi connectivity index (χ0) is 14.7. The highest BCUT2D eigenvalue weighted by Crippen LogP contribution is 2.30. The first kappa shape index (κ1) is 15.1. The second-order valence-electron chi connectivity index (χ2n) is 5.29. The number of nitrogens with two attached hydrogens (primary N) is 2. The van der Waals surface area contributed by atoms with Gasteiger partial charge in [0.1, 0.15) is 10.7 Å². The minimum Gasteiger partial charge on any atom is -0.382 e. The van der Waals surface area contributed by atoms with Gasteiger partial charge in [0.05, 0.1) is 0 Å². The third kappa shape index (κ3) is 3.21. The van der Waals surface area contributed by atoms with E-state index in [0.717, 1.165) is 44.0 Å². The number of amides is 1. The molecule has 0 saturated carbocycles. The molecule has 1 aliphatic rings. The maximum Gasteiger partial charge on any atom is 0.267 e. The number of rotatable bonds is 4. The number of thiazole rings is 1. The zero-order valence-corrected chi connectivity index (χ0v) is 12.9. The highest BCUT2D eigenvalue weighted by Gasteiger charge is 2.24. The zero-order valence-electron chi connectivity index (χ0n) is 12.1. The Hall–Kier alpha value is -1.34. The molecule has 1 unspecified atom stereocenters. The molecule has 20 heavy (non-hydrogen) atoms. The van der Waals surface area contributed by atoms with Crippen LogP contribution in [-0.4, -0.2) is 48.5 Å². The summed E-state index contributed by atoms with van der Waals surface area (Å²) in [5, 5.41) is 0.811. The number of hydrogen-bond acceptors (Lipinski definition) is 6. The van der Waals surface area contributed by atoms with Crippen LogP contribution in [0.4, 0.5) is 10.9 Å². The highest BCUT2D eigenvalue weighted by atomic mass is 32.1. The quantitative estimate of drug-likeness (QED) is 0.870. The molecule has 0 radical (unpaired) electrons. The molecule has 0 aromatic carbocycles. The second kappa shape index (κ2) is 6.41. The van der Waals surface area contributed by atoms with Crippen LogP contribution in [0.5, 0.6) is 0 Å². The molecule has 0 spiro atoms. The van der Waals surface area contributed by atoms with Crippen molar-refractivity contribution >= 4 is 28.2 Å². The Balaban J connectivity index is 2.14. The number of carbonyl (C=O) groups excluding carboxylic acids is 1. The summed E-state index contributed by atoms with van der Waals surface area (Å²) in [5.41, 5.74) is 11.9. The van der Waals surface area contributed by atoms with E-state index in [4.69, 9.17) is 11.5 Å². The Morgan fingerprint density at radius 2 is 2.35 bits per heavy atom. The van der Waals surface area contributed by atoms with Gasteiger partial charge in [-0.2, -0.15) is 0 Å². The summed E-state index contributed by atoms with van der Waals surface area (Å²) in [6.07, 6.45) is 3.02. The number of piperidine rings is 1. The lowest BCUT2D eigenvalue weighted by molar-refractivity contribution is 0.0800. The van der Waals surface area contributed by atoms with E-state index >= 15 is 0 Å². The van der Waals surface area contributed by atoms with Gasteiger partial charge in [-0.15, -0.1) is 0 Å². The Morgan fingerprint density at radius 3 is 3.00 bits per heavy atom. The molecule has 2 rings (SSSR count). The fourth-order valence-electron chi connectivity index (χ4n) is 2.40. The van der Waals surface area contributed by atoms with E-state index in [0.29, 0.717) is 10.7 Å². The summed E-state index contributed by atoms with van der Waals surface area (Å²) in [6.45, 7) is 4.48. The fraction of sp³-hybridized carbons (Fsp3) is 0.692. The Bertz CT molecular complexity index is 475. The van der Waals surface area contributed by atoms with Gasteiger partial charge in [-0.05, 0) is 19.3 Å². The molecule has 1 aromatic rings. The van der Waals surface area contributed by atoms with Crippen LogP contribution in [0.15, 0.2) is 0 Å². The van der Waals surface area contributed by atoms with Gasteiger partial charge < -0.3 is 21.3 Å². The summed E-state index contributed by atoms with van der Waals surface area (Å²) in [7, 11) is 1.79. The van der Waals surface area contributed by atoms with Gasteiger partial charge in [-0.25, -0.2) is 4.98 Å². The average Bonchev–Trinajstić information content (AvgIpc) is 2.80. The molecule has 1 atom stereocenters. The summed E-state index contributed by atoms with van der Waals surface area (Å²) >= 11 is 1.37. The SMILES string of the molecule is CCCN(C)C(=O)c1sc(N2CCCC(N)C2)nc1N. The third-order valence-corrected chi connectivity index (χ3v) is 4.59. The summed E-state index contributed by atoms with van der Waals surface area (Å²) in [6, 6.07) is 0.177. The molecule has 0 aliphatic carbocycles. The summed E-state index contributed by atoms with van der Waals surface area (Å²) in [5.74, 6) is 0.284. The molecule has 1 fully saturated rings. The number of hydrogen-bond donors (Lipinski definition) is 2. The van der Waals surface area contributed by atoms with Crippen LogP contribution in [0.2, 0.25) is 0 Å². The number of nitrogen functional groups attached to an aromatic ring is 1. The highest BCUT2D eigenvalue weighted by molar-refractivity contribution is 7.18. The van der Waals surface area contributed by atoms with E-state index in [1.54, 1.807) is 11.9 Å². The molecule has 112 valence electrons. The lowest BCUT2D eigenvalue weighted by atomic mass is 10.1. The van der Waals surface area contributed by atoms with Crippen LogP contribution in [-0.2, 0) is 0 Å². The van der Waals surface area contributed by atoms with E-state index in [2.05, 4.69) is 9.88 Å². The first-order valence-corrected chi connectivity index (χ1v) is 7.86. The van der Waals surface area contributed by atoms with Crippen molar-refractivity contribution in [3.63, 3.8) is 0 Å². The van der Waals surface area contributed by atoms with Gasteiger partial charge in [0.15, 0.2) is 5.13 Å². The van der Waals surface area contributed by atoms with Crippen molar-refractivity contribution in [3.8, 4) is 0 Å². The molecule has 2 heterocycles. The third-order valence-electron chi connectivity index (χ3n) is 3.47. The number of nitrogens with zero attached hydrogens (tertiary/aromatic N) is 3. The number of aromatic nitrogens is 1. The smallest absolute Gasteiger partial charge is 0.267 e. The number of carbonyl (C=O) groups is 1. The lowest BCUT2D eigenvalue weighted by Crippen LogP contribution is -2.42. The van der Waals surface area contributed by atoms with Crippen LogP contribution in [0.1, 0.15) is 35.9 Å². The van der Waals surface area contributed by atoms with Crippen molar-refractivity contribution in [2.45, 2.75) is 32.2 Å². The largest absolute Gasteiger partial charge is 0.382 e. The fourth-order valence-corrected chi connectivity index (χ4v) is 3.42. The standard InChI is InChI=1S/C13H23N5OS/c1-3-6-17(2)12(19)10-11(15)16-13(20-10)18-7-4-5-9(14)8-18/h9H,3-8,14-15H2,1-2H3. The lowest BCUT2D eigenvalue weighted by Gasteiger charge is -2.30. The van der Waals surface area contributed by atoms with Gasteiger partial charge in [-0.3, -0.25) is 4.79 Å². The molecule has 1 saturated heterocycles. The van der Waals surface area contributed by atoms with Crippen molar-refractivity contribution in [1.29, 1.82) is 0 Å². The van der Waals surface area contributed by atoms with E-state index < -0.39 is 0 Å². The Labute approximate surface area is 123 Å². The Morgan fingerprint density at radius 1 is 1.60 bits per heavy atom. The van der Waals surface area contributed by atoms with Crippen molar-refractivity contribution in [3.05, 3.63) is 4.88 Å². The van der Waals surface area contributed by atoms with Gasteiger partial charge in [0.2, 0.25) is 0 Å². The molecule has 1 aliphatic heterocycles. The normalized spacial score (nSPS) is 19.1. The van der Waals surface area contributed by atoms with Crippen molar-refractivity contribution < 1.29 is 4.79 Å². The van der Waals surface area contributed by atoms with Crippen LogP contribution >= 0.6 is 11.3 Å². The molecule has 4 N–H and O–H groups in total. The Kier molecular flexibility index (Phi) is 4.82. The van der Waals surface area contributed by atoms with E-state index in [1.807, 2.05) is 6.92 Å². The number of anilines is 2. The molecule has 1 aromatic heterocycles. The van der Waals surface area contributed by atoms with Crippen molar-refractivity contribution in [2.24, 2.45) is 5.73 Å². The molecular formula is C13H23N5OS. The monoisotopic (exact) mass is 297 g/mol. The van der Waals surface area contributed by atoms with Crippen LogP contribution < -0.4 is 16.4 Å². The van der Waals surface area contributed by atoms with Crippen LogP contribution in [0.25, 0.3) is 0 Å². The first-order chi connectivity index (χ1) is 9.52. The predicted molar refractivity (Wildman–Crippen MR) is 83.2 cm³/mol. The van der Waals surface area contributed by atoms with Gasteiger partial charge in [0.25, 0.3) is 5.91 Å². The maximum atomic E-state index is 12.3. The second-order valence-corrected chi connectivity index (χ2v) is 6.26. The van der Waals surface area contributed by atoms with Crippen LogP contribution in [0, 0.1) is 0 Å². The maximum absolute atomic E-state index is 12.3. The summed E-state index contributed by atoms with van der Waals surface area (Å²) < 4.78 is 0. The average molecular weight is 297 g/mol. The molecule has 0 bridgehead atoms. The molecular weight excluding hydrogens is 274 g/mol. The molecule has 7 heteroatoms. The van der Waals surface area contributed by atoms with Crippen LogP contribution in [0.3, 0.4) is 0 Å². The minimum atomic E-state index is -0.0468. The van der Waals surface area contributed by atoms with E-state index in [1.165, 1.54) is 11.3 Å². The first-order valence-electron chi connectivity index (χ1n) is 7.05. The van der Waals surface area contributed by atoms with Crippen molar-refractivity contribution in [2.75, 3.05) is 37.3 Å². The predicted octanol–water partition coefficient (Wildman–Crippen LogP) is 1.13. The molecule has 6 nitrogen and oxygen atoms in total. The van der Waals surface area contributed by atoms with E-state index in [-0.39, 0.29) is 11.9 Å². The topological polar surface area (TPSA) is 88.5 Å². The molecule has 1 amide bonds. The van der Waals surface area contributed by atoms with Gasteiger partial charge in [-0.1, -0.05) is 18.3 Å². The van der Waals surface area contributed by atoms with E-state index in [9.17, 15) is 4.79 Å². The minimum absolute atomic E-state index is 0.0468.